The van der Waals surface area contributed by atoms with Gasteiger partial charge >= 0.3 is 0 Å². The van der Waals surface area contributed by atoms with Crippen molar-refractivity contribution in [2.75, 3.05) is 44.8 Å². The van der Waals surface area contributed by atoms with Crippen LogP contribution in [0.1, 0.15) is 50.5 Å². The van der Waals surface area contributed by atoms with E-state index >= 15 is 0 Å². The van der Waals surface area contributed by atoms with Crippen LogP contribution in [-0.4, -0.2) is 66.8 Å². The summed E-state index contributed by atoms with van der Waals surface area (Å²) >= 11 is 5.90. The molecule has 3 fully saturated rings. The van der Waals surface area contributed by atoms with Crippen LogP contribution in [0.3, 0.4) is 0 Å². The molecule has 2 aromatic rings. The molecule has 0 bridgehead atoms. The third-order valence-electron chi connectivity index (χ3n) is 8.31. The number of ether oxygens (including phenoxy) is 2. The number of piperidine rings is 1. The molecule has 3 atom stereocenters. The highest BCUT2D eigenvalue weighted by molar-refractivity contribution is 6.30. The fourth-order valence-electron chi connectivity index (χ4n) is 5.92. The van der Waals surface area contributed by atoms with Gasteiger partial charge in [-0.3, -0.25) is 4.79 Å². The summed E-state index contributed by atoms with van der Waals surface area (Å²) in [6.45, 7) is 3.85. The number of anilines is 1. The Kier molecular flexibility index (Phi) is 9.00. The number of hydrogen-bond donors (Lipinski definition) is 0. The number of amides is 1. The lowest BCUT2D eigenvalue weighted by molar-refractivity contribution is -0.131. The summed E-state index contributed by atoms with van der Waals surface area (Å²) in [6.07, 6.45) is 11.2. The summed E-state index contributed by atoms with van der Waals surface area (Å²) in [6, 6.07) is 4.85. The number of likely N-dealkylation sites (N-methyl/N-ethyl adjacent to an activating group) is 1. The summed E-state index contributed by atoms with van der Waals surface area (Å²) in [7, 11) is 1.76. The second-order valence-corrected chi connectivity index (χ2v) is 11.5. The van der Waals surface area contributed by atoms with Crippen molar-refractivity contribution >= 4 is 23.5 Å². The molecule has 1 saturated carbocycles. The largest absolute Gasteiger partial charge is 0.493 e. The van der Waals surface area contributed by atoms with Crippen LogP contribution in [-0.2, 0) is 16.0 Å². The molecule has 206 valence electrons. The van der Waals surface area contributed by atoms with Gasteiger partial charge in [-0.1, -0.05) is 17.7 Å². The normalized spacial score (nSPS) is 23.8. The van der Waals surface area contributed by atoms with Crippen LogP contribution >= 0.6 is 11.6 Å². The average Bonchev–Trinajstić information content (AvgIpc) is 3.71. The SMILES string of the molecule is CN(CC1CCCCO1)C(=O)Cc1ccc(OCCC2CC2C2CCN(c3ncc(Cl)cn3)CC2)cc1F. The zero-order chi connectivity index (χ0) is 26.5. The van der Waals surface area contributed by atoms with Crippen molar-refractivity contribution in [3.63, 3.8) is 0 Å². The first-order valence-corrected chi connectivity index (χ1v) is 14.3. The van der Waals surface area contributed by atoms with Gasteiger partial charge in [0, 0.05) is 39.4 Å². The van der Waals surface area contributed by atoms with E-state index in [1.165, 1.54) is 12.5 Å². The summed E-state index contributed by atoms with van der Waals surface area (Å²) < 4.78 is 26.3. The van der Waals surface area contributed by atoms with Crippen LogP contribution in [0.2, 0.25) is 5.02 Å². The van der Waals surface area contributed by atoms with Gasteiger partial charge < -0.3 is 19.3 Å². The van der Waals surface area contributed by atoms with Gasteiger partial charge in [-0.25, -0.2) is 14.4 Å². The molecule has 2 saturated heterocycles. The number of benzene rings is 1. The topological polar surface area (TPSA) is 67.8 Å². The molecule has 5 rings (SSSR count). The molecule has 3 heterocycles. The van der Waals surface area contributed by atoms with Crippen LogP contribution in [0, 0.1) is 23.6 Å². The monoisotopic (exact) mass is 544 g/mol. The van der Waals surface area contributed by atoms with E-state index in [0.29, 0.717) is 35.4 Å². The third-order valence-corrected chi connectivity index (χ3v) is 8.51. The van der Waals surface area contributed by atoms with Crippen LogP contribution in [0.15, 0.2) is 30.6 Å². The van der Waals surface area contributed by atoms with E-state index in [1.807, 2.05) is 0 Å². The molecule has 1 aromatic carbocycles. The van der Waals surface area contributed by atoms with Crippen molar-refractivity contribution in [3.05, 3.63) is 47.0 Å². The Labute approximate surface area is 229 Å². The Morgan fingerprint density at radius 2 is 2.00 bits per heavy atom. The predicted molar refractivity (Wildman–Crippen MR) is 145 cm³/mol. The predicted octanol–water partition coefficient (Wildman–Crippen LogP) is 5.16. The van der Waals surface area contributed by atoms with E-state index in [-0.39, 0.29) is 24.2 Å². The maximum atomic E-state index is 14.7. The van der Waals surface area contributed by atoms with Crippen LogP contribution in [0.4, 0.5) is 10.3 Å². The van der Waals surface area contributed by atoms with E-state index in [1.54, 1.807) is 36.5 Å². The molecule has 1 aliphatic carbocycles. The van der Waals surface area contributed by atoms with Crippen molar-refractivity contribution < 1.29 is 18.7 Å². The van der Waals surface area contributed by atoms with Crippen molar-refractivity contribution in [2.24, 2.45) is 17.8 Å². The summed E-state index contributed by atoms with van der Waals surface area (Å²) in [5, 5.41) is 0.560. The molecular weight excluding hydrogens is 507 g/mol. The molecule has 0 radical (unpaired) electrons. The average molecular weight is 545 g/mol. The highest BCUT2D eigenvalue weighted by Crippen LogP contribution is 2.49. The van der Waals surface area contributed by atoms with Gasteiger partial charge in [0.25, 0.3) is 0 Å². The number of rotatable bonds is 10. The first-order chi connectivity index (χ1) is 18.5. The van der Waals surface area contributed by atoms with Crippen LogP contribution < -0.4 is 9.64 Å². The van der Waals surface area contributed by atoms with Crippen molar-refractivity contribution in [1.82, 2.24) is 14.9 Å². The van der Waals surface area contributed by atoms with Crippen molar-refractivity contribution in [1.29, 1.82) is 0 Å². The van der Waals surface area contributed by atoms with E-state index in [9.17, 15) is 9.18 Å². The van der Waals surface area contributed by atoms with Gasteiger partial charge in [0.15, 0.2) is 0 Å². The molecule has 0 N–H and O–H groups in total. The minimum absolute atomic E-state index is 0.0437. The number of aromatic nitrogens is 2. The standard InChI is InChI=1S/C29H38ClFN4O3/c1-34(19-25-4-2-3-12-37-25)28(36)15-22-5-6-24(16-27(22)31)38-13-9-21-14-26(21)20-7-10-35(11-8-20)29-32-17-23(30)18-33-29/h5-6,16-18,20-21,25-26H,2-4,7-15,19H2,1H3. The van der Waals surface area contributed by atoms with Gasteiger partial charge in [-0.2, -0.15) is 0 Å². The maximum Gasteiger partial charge on any atom is 0.226 e. The lowest BCUT2D eigenvalue weighted by Gasteiger charge is -2.32. The smallest absolute Gasteiger partial charge is 0.226 e. The van der Waals surface area contributed by atoms with E-state index in [0.717, 1.165) is 76.0 Å². The molecule has 1 amide bonds. The number of carbonyl (C=O) groups is 1. The van der Waals surface area contributed by atoms with Gasteiger partial charge in [-0.15, -0.1) is 0 Å². The molecular formula is C29H38ClFN4O3. The molecule has 1 aromatic heterocycles. The molecule has 2 aliphatic heterocycles. The van der Waals surface area contributed by atoms with Crippen LogP contribution in [0.25, 0.3) is 0 Å². The Morgan fingerprint density at radius 3 is 2.71 bits per heavy atom. The van der Waals surface area contributed by atoms with Gasteiger partial charge in [0.2, 0.25) is 11.9 Å². The Hall–Kier alpha value is -2.45. The Balaban J connectivity index is 1.00. The number of nitrogens with zero attached hydrogens (tertiary/aromatic N) is 4. The van der Waals surface area contributed by atoms with E-state index in [2.05, 4.69) is 14.9 Å². The highest BCUT2D eigenvalue weighted by atomic mass is 35.5. The summed E-state index contributed by atoms with van der Waals surface area (Å²) in [5.74, 6) is 2.97. The first kappa shape index (κ1) is 27.1. The molecule has 38 heavy (non-hydrogen) atoms. The highest BCUT2D eigenvalue weighted by Gasteiger charge is 2.43. The second-order valence-electron chi connectivity index (χ2n) is 11.0. The summed E-state index contributed by atoms with van der Waals surface area (Å²) in [4.78, 5) is 25.2. The fraction of sp³-hybridized carbons (Fsp3) is 0.621. The molecule has 0 spiro atoms. The van der Waals surface area contributed by atoms with Gasteiger partial charge in [0.05, 0.1) is 36.5 Å². The van der Waals surface area contributed by atoms with Gasteiger partial charge in [0.1, 0.15) is 11.6 Å². The minimum atomic E-state index is -0.390. The Bertz CT molecular complexity index is 1070. The fourth-order valence-corrected chi connectivity index (χ4v) is 6.02. The second kappa shape index (κ2) is 12.6. The van der Waals surface area contributed by atoms with E-state index in [4.69, 9.17) is 21.1 Å². The number of halogens is 2. The Morgan fingerprint density at radius 1 is 1.21 bits per heavy atom. The molecule has 3 aliphatic rings. The first-order valence-electron chi connectivity index (χ1n) is 14.0. The number of carbonyl (C=O) groups excluding carboxylic acids is 1. The lowest BCUT2D eigenvalue weighted by Crippen LogP contribution is -2.37. The molecule has 7 nitrogen and oxygen atoms in total. The van der Waals surface area contributed by atoms with Crippen molar-refractivity contribution in [2.45, 2.75) is 57.5 Å². The zero-order valence-corrected chi connectivity index (χ0v) is 22.9. The minimum Gasteiger partial charge on any atom is -0.493 e. The third kappa shape index (κ3) is 7.14. The van der Waals surface area contributed by atoms with Gasteiger partial charge in [-0.05, 0) is 74.3 Å². The zero-order valence-electron chi connectivity index (χ0n) is 22.2. The molecule has 9 heteroatoms. The maximum absolute atomic E-state index is 14.7. The summed E-state index contributed by atoms with van der Waals surface area (Å²) in [5.41, 5.74) is 0.399. The lowest BCUT2D eigenvalue weighted by atomic mass is 9.90. The van der Waals surface area contributed by atoms with E-state index < -0.39 is 0 Å². The quantitative estimate of drug-likeness (QED) is 0.411. The van der Waals surface area contributed by atoms with Crippen LogP contribution in [0.5, 0.6) is 5.75 Å². The van der Waals surface area contributed by atoms with Crippen molar-refractivity contribution in [3.8, 4) is 5.75 Å². The number of hydrogen-bond acceptors (Lipinski definition) is 6. The molecule has 3 unspecified atom stereocenters.